The van der Waals surface area contributed by atoms with E-state index in [0.29, 0.717) is 5.91 Å². The van der Waals surface area contributed by atoms with E-state index >= 15 is 0 Å². The topological polar surface area (TPSA) is 35.6 Å². The van der Waals surface area contributed by atoms with Crippen molar-refractivity contribution in [3.05, 3.63) is 0 Å². The summed E-state index contributed by atoms with van der Waals surface area (Å²) in [6.07, 6.45) is 4.41. The molecular formula is C15H31N3O. The number of nitrogens with zero attached hydrogens (tertiary/aromatic N) is 2. The van der Waals surface area contributed by atoms with Crippen LogP contribution in [0.2, 0.25) is 0 Å². The molecule has 4 nitrogen and oxygen atoms in total. The molecule has 112 valence electrons. The van der Waals surface area contributed by atoms with Crippen molar-refractivity contribution in [2.24, 2.45) is 0 Å². The van der Waals surface area contributed by atoms with E-state index in [2.05, 4.69) is 42.8 Å². The molecule has 4 heteroatoms. The van der Waals surface area contributed by atoms with Crippen LogP contribution >= 0.6 is 0 Å². The van der Waals surface area contributed by atoms with Gasteiger partial charge in [-0.3, -0.25) is 10.1 Å². The van der Waals surface area contributed by atoms with Crippen molar-refractivity contribution < 1.29 is 4.79 Å². The first-order valence-corrected chi connectivity index (χ1v) is 7.96. The molecule has 0 bridgehead atoms. The van der Waals surface area contributed by atoms with Crippen LogP contribution in [0.5, 0.6) is 0 Å². The molecule has 1 rings (SSSR count). The van der Waals surface area contributed by atoms with E-state index in [1.807, 2.05) is 0 Å². The monoisotopic (exact) mass is 269 g/mol. The molecule has 1 aliphatic heterocycles. The minimum atomic E-state index is 0.0463. The molecule has 0 spiro atoms. The van der Waals surface area contributed by atoms with Gasteiger partial charge in [0.1, 0.15) is 0 Å². The molecule has 1 heterocycles. The van der Waals surface area contributed by atoms with E-state index in [1.165, 1.54) is 0 Å². The van der Waals surface area contributed by atoms with Crippen molar-refractivity contribution in [2.75, 3.05) is 26.2 Å². The minimum absolute atomic E-state index is 0.0463. The zero-order valence-corrected chi connectivity index (χ0v) is 13.1. The molecular weight excluding hydrogens is 238 g/mol. The van der Waals surface area contributed by atoms with Crippen molar-refractivity contribution in [3.63, 3.8) is 0 Å². The van der Waals surface area contributed by atoms with Gasteiger partial charge in [0.15, 0.2) is 0 Å². The molecule has 1 fully saturated rings. The third-order valence-corrected chi connectivity index (χ3v) is 4.09. The standard InChI is InChI=1S/C15H31N3O/c1-5-10-14-16-13(6-2)15(19)18(14)12-9-11-17(7-3)8-4/h13-14,16H,5-12H2,1-4H3. The first-order chi connectivity index (χ1) is 9.17. The first kappa shape index (κ1) is 16.4. The maximum atomic E-state index is 12.3. The Labute approximate surface area is 118 Å². The lowest BCUT2D eigenvalue weighted by Crippen LogP contribution is -2.39. The minimum Gasteiger partial charge on any atom is -0.326 e. The van der Waals surface area contributed by atoms with Gasteiger partial charge in [-0.05, 0) is 38.9 Å². The summed E-state index contributed by atoms with van der Waals surface area (Å²) in [6, 6.07) is 0.0463. The summed E-state index contributed by atoms with van der Waals surface area (Å²) >= 11 is 0. The van der Waals surface area contributed by atoms with Crippen molar-refractivity contribution in [1.29, 1.82) is 0 Å². The van der Waals surface area contributed by atoms with Crippen molar-refractivity contribution in [2.45, 2.75) is 65.6 Å². The number of hydrogen-bond acceptors (Lipinski definition) is 3. The Hall–Kier alpha value is -0.610. The maximum absolute atomic E-state index is 12.3. The molecule has 1 aliphatic rings. The molecule has 0 aromatic carbocycles. The van der Waals surface area contributed by atoms with Gasteiger partial charge in [-0.25, -0.2) is 0 Å². The molecule has 0 aliphatic carbocycles. The van der Waals surface area contributed by atoms with Crippen LogP contribution in [0.25, 0.3) is 0 Å². The fourth-order valence-corrected chi connectivity index (χ4v) is 2.82. The van der Waals surface area contributed by atoms with E-state index in [9.17, 15) is 4.79 Å². The number of amides is 1. The molecule has 0 saturated carbocycles. The molecule has 0 aromatic heterocycles. The Morgan fingerprint density at radius 1 is 1.21 bits per heavy atom. The lowest BCUT2D eigenvalue weighted by molar-refractivity contribution is -0.130. The summed E-state index contributed by atoms with van der Waals surface area (Å²) in [5, 5.41) is 3.47. The quantitative estimate of drug-likeness (QED) is 0.696. The van der Waals surface area contributed by atoms with E-state index < -0.39 is 0 Å². The zero-order valence-electron chi connectivity index (χ0n) is 13.1. The van der Waals surface area contributed by atoms with Gasteiger partial charge < -0.3 is 9.80 Å². The van der Waals surface area contributed by atoms with Crippen LogP contribution < -0.4 is 5.32 Å². The maximum Gasteiger partial charge on any atom is 0.241 e. The Morgan fingerprint density at radius 3 is 2.42 bits per heavy atom. The van der Waals surface area contributed by atoms with E-state index in [4.69, 9.17) is 0 Å². The van der Waals surface area contributed by atoms with Crippen LogP contribution in [0.4, 0.5) is 0 Å². The predicted molar refractivity (Wildman–Crippen MR) is 80.0 cm³/mol. The van der Waals surface area contributed by atoms with Gasteiger partial charge in [-0.1, -0.05) is 34.1 Å². The van der Waals surface area contributed by atoms with Crippen LogP contribution in [0.1, 0.15) is 53.4 Å². The van der Waals surface area contributed by atoms with Crippen molar-refractivity contribution in [1.82, 2.24) is 15.1 Å². The number of rotatable bonds is 9. The van der Waals surface area contributed by atoms with Gasteiger partial charge in [-0.15, -0.1) is 0 Å². The fourth-order valence-electron chi connectivity index (χ4n) is 2.82. The Bertz CT molecular complexity index is 266. The molecule has 1 N–H and O–H groups in total. The van der Waals surface area contributed by atoms with Gasteiger partial charge in [0.05, 0.1) is 12.2 Å². The summed E-state index contributed by atoms with van der Waals surface area (Å²) in [5.41, 5.74) is 0. The summed E-state index contributed by atoms with van der Waals surface area (Å²) in [6.45, 7) is 12.8. The third-order valence-electron chi connectivity index (χ3n) is 4.09. The Balaban J connectivity index is 2.46. The van der Waals surface area contributed by atoms with Crippen LogP contribution in [0, 0.1) is 0 Å². The largest absolute Gasteiger partial charge is 0.326 e. The average Bonchev–Trinajstić information content (AvgIpc) is 2.72. The molecule has 19 heavy (non-hydrogen) atoms. The van der Waals surface area contributed by atoms with Gasteiger partial charge in [0, 0.05) is 6.54 Å². The summed E-state index contributed by atoms with van der Waals surface area (Å²) in [7, 11) is 0. The number of hydrogen-bond donors (Lipinski definition) is 1. The fraction of sp³-hybridized carbons (Fsp3) is 0.933. The predicted octanol–water partition coefficient (Wildman–Crippen LogP) is 2.05. The van der Waals surface area contributed by atoms with Gasteiger partial charge in [0.2, 0.25) is 5.91 Å². The highest BCUT2D eigenvalue weighted by Crippen LogP contribution is 2.17. The number of nitrogens with one attached hydrogen (secondary N) is 1. The molecule has 1 saturated heterocycles. The van der Waals surface area contributed by atoms with Crippen LogP contribution in [-0.4, -0.2) is 54.1 Å². The summed E-state index contributed by atoms with van der Waals surface area (Å²) < 4.78 is 0. The third kappa shape index (κ3) is 4.46. The average molecular weight is 269 g/mol. The highest BCUT2D eigenvalue weighted by molar-refractivity contribution is 5.84. The molecule has 2 atom stereocenters. The van der Waals surface area contributed by atoms with E-state index in [-0.39, 0.29) is 12.2 Å². The van der Waals surface area contributed by atoms with Gasteiger partial charge in [-0.2, -0.15) is 0 Å². The molecule has 2 unspecified atom stereocenters. The SMILES string of the molecule is CCCC1NC(CC)C(=O)N1CCCN(CC)CC. The van der Waals surface area contributed by atoms with E-state index in [0.717, 1.165) is 51.9 Å². The second-order valence-electron chi connectivity index (χ2n) is 5.34. The first-order valence-electron chi connectivity index (χ1n) is 7.96. The number of carbonyl (C=O) groups excluding carboxylic acids is 1. The molecule has 0 aromatic rings. The Kier molecular flexibility index (Phi) is 7.39. The van der Waals surface area contributed by atoms with Crippen LogP contribution in [-0.2, 0) is 4.79 Å². The van der Waals surface area contributed by atoms with E-state index in [1.54, 1.807) is 0 Å². The summed E-state index contributed by atoms with van der Waals surface area (Å²) in [5.74, 6) is 0.306. The lowest BCUT2D eigenvalue weighted by Gasteiger charge is -2.25. The van der Waals surface area contributed by atoms with Gasteiger partial charge in [0.25, 0.3) is 0 Å². The molecule has 0 radical (unpaired) electrons. The molecule has 1 amide bonds. The smallest absolute Gasteiger partial charge is 0.241 e. The van der Waals surface area contributed by atoms with Crippen molar-refractivity contribution >= 4 is 5.91 Å². The Morgan fingerprint density at radius 2 is 1.89 bits per heavy atom. The van der Waals surface area contributed by atoms with Crippen LogP contribution in [0.15, 0.2) is 0 Å². The second kappa shape index (κ2) is 8.54. The lowest BCUT2D eigenvalue weighted by atomic mass is 10.2. The van der Waals surface area contributed by atoms with Gasteiger partial charge >= 0.3 is 0 Å². The highest BCUT2D eigenvalue weighted by Gasteiger charge is 2.36. The normalized spacial score (nSPS) is 23.6. The van der Waals surface area contributed by atoms with Crippen LogP contribution in [0.3, 0.4) is 0 Å². The number of carbonyl (C=O) groups is 1. The summed E-state index contributed by atoms with van der Waals surface area (Å²) in [4.78, 5) is 16.8. The van der Waals surface area contributed by atoms with Crippen molar-refractivity contribution in [3.8, 4) is 0 Å². The highest BCUT2D eigenvalue weighted by atomic mass is 16.2. The second-order valence-corrected chi connectivity index (χ2v) is 5.34. The zero-order chi connectivity index (χ0) is 14.3.